The maximum absolute atomic E-state index is 12.1. The normalized spacial score (nSPS) is 24.7. The van der Waals surface area contributed by atoms with E-state index in [-0.39, 0.29) is 30.4 Å². The van der Waals surface area contributed by atoms with Crippen LogP contribution in [0.4, 0.5) is 5.82 Å². The lowest BCUT2D eigenvalue weighted by molar-refractivity contribution is -0.123. The first-order valence-corrected chi connectivity index (χ1v) is 7.51. The molecule has 5 nitrogen and oxygen atoms in total. The largest absolute Gasteiger partial charge is 0.353 e. The summed E-state index contributed by atoms with van der Waals surface area (Å²) in [6, 6.07) is 3.84. The van der Waals surface area contributed by atoms with Gasteiger partial charge in [0.25, 0.3) is 0 Å². The lowest BCUT2D eigenvalue weighted by Gasteiger charge is -2.20. The predicted octanol–water partition coefficient (Wildman–Crippen LogP) is 1.60. The Balaban J connectivity index is 0.00000161. The van der Waals surface area contributed by atoms with E-state index in [1.807, 2.05) is 12.1 Å². The zero-order chi connectivity index (χ0) is 13.9. The molecule has 2 aliphatic rings. The van der Waals surface area contributed by atoms with Crippen molar-refractivity contribution in [3.63, 3.8) is 0 Å². The van der Waals surface area contributed by atoms with Crippen molar-refractivity contribution in [2.24, 2.45) is 0 Å². The number of carbonyl (C=O) groups excluding carboxylic acids is 1. The summed E-state index contributed by atoms with van der Waals surface area (Å²) in [5.41, 5.74) is 0. The molecule has 116 valence electrons. The lowest BCUT2D eigenvalue weighted by Crippen LogP contribution is -2.46. The molecule has 7 heteroatoms. The number of rotatable bonds is 3. The number of amides is 1. The van der Waals surface area contributed by atoms with Gasteiger partial charge in [0.1, 0.15) is 5.82 Å². The zero-order valence-corrected chi connectivity index (χ0v) is 13.3. The summed E-state index contributed by atoms with van der Waals surface area (Å²) in [6.07, 6.45) is 4.70. The minimum atomic E-state index is -0.0116. The standard InChI is InChI=1S/C14H19ClN4O.ClH/c15-11-3-1-7-17-13(11)19-8-5-10(9-19)18-14(20)12-4-2-6-16-12;/h1,3,7,10,12,16H,2,4-6,8-9H2,(H,18,20);1H/t10?,12-;/m0./s1. The average Bonchev–Trinajstić information content (AvgIpc) is 3.10. The first-order chi connectivity index (χ1) is 9.74. The van der Waals surface area contributed by atoms with Crippen LogP contribution in [-0.2, 0) is 4.79 Å². The van der Waals surface area contributed by atoms with Crippen LogP contribution >= 0.6 is 24.0 Å². The second kappa shape index (κ2) is 7.29. The predicted molar refractivity (Wildman–Crippen MR) is 86.3 cm³/mol. The van der Waals surface area contributed by atoms with Crippen LogP contribution in [0.3, 0.4) is 0 Å². The number of hydrogen-bond acceptors (Lipinski definition) is 4. The fourth-order valence-corrected chi connectivity index (χ4v) is 3.13. The highest BCUT2D eigenvalue weighted by Gasteiger charge is 2.29. The second-order valence-electron chi connectivity index (χ2n) is 5.40. The van der Waals surface area contributed by atoms with Gasteiger partial charge in [-0.15, -0.1) is 12.4 Å². The first-order valence-electron chi connectivity index (χ1n) is 7.13. The third kappa shape index (κ3) is 3.78. The van der Waals surface area contributed by atoms with Crippen LogP contribution in [0.25, 0.3) is 0 Å². The molecular formula is C14H20Cl2N4O. The molecule has 3 heterocycles. The Labute approximate surface area is 135 Å². The summed E-state index contributed by atoms with van der Waals surface area (Å²) >= 11 is 6.16. The van der Waals surface area contributed by atoms with Crippen molar-refractivity contribution >= 4 is 35.7 Å². The molecule has 2 fully saturated rings. The van der Waals surface area contributed by atoms with Crippen LogP contribution in [0.1, 0.15) is 19.3 Å². The van der Waals surface area contributed by atoms with Crippen LogP contribution in [0.5, 0.6) is 0 Å². The van der Waals surface area contributed by atoms with E-state index in [4.69, 9.17) is 11.6 Å². The Morgan fingerprint density at radius 1 is 1.48 bits per heavy atom. The van der Waals surface area contributed by atoms with Gasteiger partial charge >= 0.3 is 0 Å². The van der Waals surface area contributed by atoms with Gasteiger partial charge in [-0.05, 0) is 37.9 Å². The van der Waals surface area contributed by atoms with E-state index < -0.39 is 0 Å². The third-order valence-corrected chi connectivity index (χ3v) is 4.25. The van der Waals surface area contributed by atoms with Crippen molar-refractivity contribution < 1.29 is 4.79 Å². The van der Waals surface area contributed by atoms with Crippen LogP contribution in [0, 0.1) is 0 Å². The first kappa shape index (κ1) is 16.3. The minimum Gasteiger partial charge on any atom is -0.353 e. The van der Waals surface area contributed by atoms with Crippen molar-refractivity contribution in [1.82, 2.24) is 15.6 Å². The van der Waals surface area contributed by atoms with Crippen LogP contribution in [0.15, 0.2) is 18.3 Å². The van der Waals surface area contributed by atoms with E-state index >= 15 is 0 Å². The van der Waals surface area contributed by atoms with E-state index in [1.165, 1.54) is 0 Å². The number of hydrogen-bond donors (Lipinski definition) is 2. The molecule has 3 rings (SSSR count). The van der Waals surface area contributed by atoms with Gasteiger partial charge in [0, 0.05) is 25.3 Å². The smallest absolute Gasteiger partial charge is 0.237 e. The number of aromatic nitrogens is 1. The minimum absolute atomic E-state index is 0. The number of anilines is 1. The zero-order valence-electron chi connectivity index (χ0n) is 11.7. The topological polar surface area (TPSA) is 57.3 Å². The molecule has 0 saturated carbocycles. The molecule has 2 saturated heterocycles. The van der Waals surface area contributed by atoms with Gasteiger partial charge in [-0.25, -0.2) is 4.98 Å². The molecule has 0 radical (unpaired) electrons. The van der Waals surface area contributed by atoms with Gasteiger partial charge in [0.15, 0.2) is 0 Å². The lowest BCUT2D eigenvalue weighted by atomic mass is 10.2. The number of pyridine rings is 1. The quantitative estimate of drug-likeness (QED) is 0.883. The molecule has 2 atom stereocenters. The summed E-state index contributed by atoms with van der Waals surface area (Å²) in [6.45, 7) is 2.59. The fraction of sp³-hybridized carbons (Fsp3) is 0.571. The molecule has 0 bridgehead atoms. The van der Waals surface area contributed by atoms with E-state index in [0.717, 1.165) is 44.7 Å². The van der Waals surface area contributed by atoms with Crippen LogP contribution in [-0.4, -0.2) is 42.6 Å². The van der Waals surface area contributed by atoms with Gasteiger partial charge in [-0.1, -0.05) is 11.6 Å². The number of carbonyl (C=O) groups is 1. The van der Waals surface area contributed by atoms with Crippen molar-refractivity contribution in [2.75, 3.05) is 24.5 Å². The van der Waals surface area contributed by atoms with Crippen molar-refractivity contribution in [3.05, 3.63) is 23.4 Å². The number of halogens is 2. The summed E-state index contributed by atoms with van der Waals surface area (Å²) in [7, 11) is 0. The fourth-order valence-electron chi connectivity index (χ4n) is 2.89. The highest BCUT2D eigenvalue weighted by Crippen LogP contribution is 2.25. The van der Waals surface area contributed by atoms with Gasteiger partial charge in [-0.2, -0.15) is 0 Å². The monoisotopic (exact) mass is 330 g/mol. The molecular weight excluding hydrogens is 311 g/mol. The Bertz CT molecular complexity index is 494. The van der Waals surface area contributed by atoms with E-state index in [0.29, 0.717) is 5.02 Å². The van der Waals surface area contributed by atoms with Crippen molar-refractivity contribution in [1.29, 1.82) is 0 Å². The van der Waals surface area contributed by atoms with Crippen LogP contribution < -0.4 is 15.5 Å². The van der Waals surface area contributed by atoms with Crippen molar-refractivity contribution in [3.8, 4) is 0 Å². The van der Waals surface area contributed by atoms with E-state index in [9.17, 15) is 4.79 Å². The van der Waals surface area contributed by atoms with Gasteiger partial charge in [0.05, 0.1) is 11.1 Å². The molecule has 2 aliphatic heterocycles. The summed E-state index contributed by atoms with van der Waals surface area (Å²) in [5, 5.41) is 7.01. The summed E-state index contributed by atoms with van der Waals surface area (Å²) in [5.74, 6) is 0.936. The molecule has 2 N–H and O–H groups in total. The van der Waals surface area contributed by atoms with Gasteiger partial charge in [0.2, 0.25) is 5.91 Å². The molecule has 1 amide bonds. The maximum Gasteiger partial charge on any atom is 0.237 e. The molecule has 1 unspecified atom stereocenters. The molecule has 0 aliphatic carbocycles. The van der Waals surface area contributed by atoms with E-state index in [2.05, 4.69) is 20.5 Å². The average molecular weight is 331 g/mol. The van der Waals surface area contributed by atoms with Crippen molar-refractivity contribution in [2.45, 2.75) is 31.3 Å². The van der Waals surface area contributed by atoms with Gasteiger partial charge in [-0.3, -0.25) is 4.79 Å². The Morgan fingerprint density at radius 2 is 2.33 bits per heavy atom. The van der Waals surface area contributed by atoms with Crippen LogP contribution in [0.2, 0.25) is 5.02 Å². The molecule has 0 spiro atoms. The Kier molecular flexibility index (Phi) is 5.67. The molecule has 21 heavy (non-hydrogen) atoms. The van der Waals surface area contributed by atoms with E-state index in [1.54, 1.807) is 6.20 Å². The Morgan fingerprint density at radius 3 is 3.05 bits per heavy atom. The second-order valence-corrected chi connectivity index (χ2v) is 5.81. The number of nitrogens with one attached hydrogen (secondary N) is 2. The molecule has 1 aromatic heterocycles. The Hall–Kier alpha value is -1.04. The number of nitrogens with zero attached hydrogens (tertiary/aromatic N) is 2. The molecule has 0 aromatic carbocycles. The maximum atomic E-state index is 12.1. The molecule has 1 aromatic rings. The third-order valence-electron chi connectivity index (χ3n) is 3.95. The van der Waals surface area contributed by atoms with Gasteiger partial charge < -0.3 is 15.5 Å². The SMILES string of the molecule is Cl.O=C(NC1CCN(c2ncccc2Cl)C1)[C@@H]1CCCN1. The summed E-state index contributed by atoms with van der Waals surface area (Å²) in [4.78, 5) is 18.5. The highest BCUT2D eigenvalue weighted by molar-refractivity contribution is 6.32. The summed E-state index contributed by atoms with van der Waals surface area (Å²) < 4.78 is 0. The highest BCUT2D eigenvalue weighted by atomic mass is 35.5.